The molecule has 0 aliphatic carbocycles. The summed E-state index contributed by atoms with van der Waals surface area (Å²) in [4.78, 5) is 14.5. The number of amides is 1. The number of likely N-dealkylation sites (tertiary alicyclic amines) is 1. The van der Waals surface area contributed by atoms with Crippen molar-refractivity contribution in [3.63, 3.8) is 0 Å². The zero-order valence-electron chi connectivity index (χ0n) is 14.3. The maximum absolute atomic E-state index is 13.1. The number of halogens is 2. The number of carbonyl (C=O) groups is 1. The number of anilines is 1. The largest absolute Gasteiger partial charge is 0.399 e. The molecular weight excluding hydrogens is 339 g/mol. The monoisotopic (exact) mass is 362 g/mol. The molecule has 2 unspecified atom stereocenters. The van der Waals surface area contributed by atoms with Gasteiger partial charge in [0, 0.05) is 30.6 Å². The van der Waals surface area contributed by atoms with Crippen LogP contribution in [0.2, 0.25) is 0 Å². The van der Waals surface area contributed by atoms with Crippen LogP contribution in [0.4, 0.5) is 10.1 Å². The first kappa shape index (κ1) is 19.3. The third-order valence-electron chi connectivity index (χ3n) is 4.90. The standard InChI is InChI=1S/C20H23FN2O.ClH/c1-14-12-17(15-6-9-18(21)10-7-15)13-23(14)20(24)11-8-16-4-2-3-5-19(16)22;/h2-7,9-10,14,17H,8,11-13,22H2,1H3;1H. The van der Waals surface area contributed by atoms with Crippen molar-refractivity contribution in [3.05, 3.63) is 65.5 Å². The van der Waals surface area contributed by atoms with Crippen molar-refractivity contribution in [1.29, 1.82) is 0 Å². The van der Waals surface area contributed by atoms with Gasteiger partial charge in [-0.2, -0.15) is 0 Å². The average Bonchev–Trinajstić information content (AvgIpc) is 2.96. The van der Waals surface area contributed by atoms with Crippen LogP contribution in [0.15, 0.2) is 48.5 Å². The fourth-order valence-corrected chi connectivity index (χ4v) is 3.50. The fraction of sp³-hybridized carbons (Fsp3) is 0.350. The van der Waals surface area contributed by atoms with Crippen LogP contribution in [0.3, 0.4) is 0 Å². The number of carbonyl (C=O) groups excluding carboxylic acids is 1. The number of benzene rings is 2. The van der Waals surface area contributed by atoms with Gasteiger partial charge in [-0.15, -0.1) is 12.4 Å². The van der Waals surface area contributed by atoms with Crippen LogP contribution in [0, 0.1) is 5.82 Å². The molecule has 2 N–H and O–H groups in total. The first-order chi connectivity index (χ1) is 11.5. The lowest BCUT2D eigenvalue weighted by Gasteiger charge is -2.21. The molecule has 0 bridgehead atoms. The lowest BCUT2D eigenvalue weighted by Crippen LogP contribution is -2.34. The average molecular weight is 363 g/mol. The van der Waals surface area contributed by atoms with Crippen molar-refractivity contribution in [3.8, 4) is 0 Å². The topological polar surface area (TPSA) is 46.3 Å². The van der Waals surface area contributed by atoms with Crippen molar-refractivity contribution in [2.24, 2.45) is 0 Å². The number of aryl methyl sites for hydroxylation is 1. The molecular formula is C20H24ClFN2O. The van der Waals surface area contributed by atoms with Gasteiger partial charge >= 0.3 is 0 Å². The van der Waals surface area contributed by atoms with E-state index in [-0.39, 0.29) is 36.1 Å². The van der Waals surface area contributed by atoms with Crippen molar-refractivity contribution in [2.45, 2.75) is 38.1 Å². The molecule has 0 radical (unpaired) electrons. The Hall–Kier alpha value is -2.07. The van der Waals surface area contributed by atoms with Crippen LogP contribution in [0.1, 0.15) is 36.8 Å². The highest BCUT2D eigenvalue weighted by Crippen LogP contribution is 2.32. The summed E-state index contributed by atoms with van der Waals surface area (Å²) in [6.07, 6.45) is 2.05. The molecule has 1 heterocycles. The molecule has 1 amide bonds. The van der Waals surface area contributed by atoms with E-state index in [1.807, 2.05) is 41.3 Å². The Balaban J connectivity index is 0.00000225. The minimum absolute atomic E-state index is 0. The van der Waals surface area contributed by atoms with Crippen LogP contribution < -0.4 is 5.73 Å². The summed E-state index contributed by atoms with van der Waals surface area (Å²) in [6.45, 7) is 2.79. The van der Waals surface area contributed by atoms with Crippen LogP contribution in [-0.2, 0) is 11.2 Å². The fourth-order valence-electron chi connectivity index (χ4n) is 3.50. The lowest BCUT2D eigenvalue weighted by molar-refractivity contribution is -0.131. The van der Waals surface area contributed by atoms with Crippen LogP contribution in [0.25, 0.3) is 0 Å². The molecule has 2 aromatic rings. The zero-order valence-corrected chi connectivity index (χ0v) is 15.1. The number of nitrogens with two attached hydrogens (primary N) is 1. The minimum atomic E-state index is -0.224. The van der Waals surface area contributed by atoms with E-state index in [2.05, 4.69) is 6.92 Å². The van der Waals surface area contributed by atoms with Gasteiger partial charge in [0.15, 0.2) is 0 Å². The second-order valence-corrected chi connectivity index (χ2v) is 6.58. The molecule has 2 atom stereocenters. The second kappa shape index (κ2) is 8.34. The Bertz CT molecular complexity index is 720. The van der Waals surface area contributed by atoms with E-state index < -0.39 is 0 Å². The number of rotatable bonds is 4. The maximum Gasteiger partial charge on any atom is 0.223 e. The van der Waals surface area contributed by atoms with Crippen molar-refractivity contribution in [2.75, 3.05) is 12.3 Å². The summed E-state index contributed by atoms with van der Waals surface area (Å²) in [6, 6.07) is 14.5. The maximum atomic E-state index is 13.1. The normalized spacial score (nSPS) is 19.5. The first-order valence-corrected chi connectivity index (χ1v) is 8.43. The van der Waals surface area contributed by atoms with Crippen LogP contribution in [0.5, 0.6) is 0 Å². The molecule has 5 heteroatoms. The van der Waals surface area contributed by atoms with E-state index in [9.17, 15) is 9.18 Å². The highest BCUT2D eigenvalue weighted by atomic mass is 35.5. The molecule has 1 aliphatic heterocycles. The van der Waals surface area contributed by atoms with E-state index in [0.717, 1.165) is 23.2 Å². The van der Waals surface area contributed by atoms with E-state index in [1.165, 1.54) is 12.1 Å². The van der Waals surface area contributed by atoms with E-state index in [1.54, 1.807) is 0 Å². The number of para-hydroxylation sites is 1. The summed E-state index contributed by atoms with van der Waals surface area (Å²) < 4.78 is 13.1. The Kier molecular flexibility index (Phi) is 6.43. The molecule has 0 spiro atoms. The smallest absolute Gasteiger partial charge is 0.223 e. The SMILES string of the molecule is CC1CC(c2ccc(F)cc2)CN1C(=O)CCc1ccccc1N.Cl. The summed E-state index contributed by atoms with van der Waals surface area (Å²) in [5, 5.41) is 0. The van der Waals surface area contributed by atoms with Gasteiger partial charge in [0.25, 0.3) is 0 Å². The molecule has 1 fully saturated rings. The number of nitrogen functional groups attached to an aromatic ring is 1. The van der Waals surface area contributed by atoms with Crippen LogP contribution >= 0.6 is 12.4 Å². The quantitative estimate of drug-likeness (QED) is 0.830. The Morgan fingerprint density at radius 2 is 1.88 bits per heavy atom. The predicted octanol–water partition coefficient (Wildman–Crippen LogP) is 4.17. The van der Waals surface area contributed by atoms with Gasteiger partial charge in [-0.05, 0) is 49.1 Å². The Morgan fingerprint density at radius 3 is 2.56 bits per heavy atom. The van der Waals surface area contributed by atoms with Gasteiger partial charge in [0.05, 0.1) is 0 Å². The molecule has 3 nitrogen and oxygen atoms in total. The van der Waals surface area contributed by atoms with Gasteiger partial charge in [-0.25, -0.2) is 4.39 Å². The molecule has 1 aliphatic rings. The summed E-state index contributed by atoms with van der Waals surface area (Å²) in [5.41, 5.74) is 8.81. The van der Waals surface area contributed by atoms with Gasteiger partial charge in [-0.1, -0.05) is 30.3 Å². The minimum Gasteiger partial charge on any atom is -0.399 e. The summed E-state index contributed by atoms with van der Waals surface area (Å²) in [5.74, 6) is 0.222. The molecule has 0 aromatic heterocycles. The van der Waals surface area contributed by atoms with Gasteiger partial charge in [0.2, 0.25) is 5.91 Å². The predicted molar refractivity (Wildman–Crippen MR) is 101 cm³/mol. The molecule has 0 saturated carbocycles. The van der Waals surface area contributed by atoms with Crippen molar-refractivity contribution < 1.29 is 9.18 Å². The third kappa shape index (κ3) is 4.51. The third-order valence-corrected chi connectivity index (χ3v) is 4.90. The first-order valence-electron chi connectivity index (χ1n) is 8.43. The van der Waals surface area contributed by atoms with Gasteiger partial charge in [0.1, 0.15) is 5.82 Å². The second-order valence-electron chi connectivity index (χ2n) is 6.58. The Labute approximate surface area is 154 Å². The highest BCUT2D eigenvalue weighted by Gasteiger charge is 2.32. The van der Waals surface area contributed by atoms with E-state index in [0.29, 0.717) is 19.4 Å². The molecule has 25 heavy (non-hydrogen) atoms. The lowest BCUT2D eigenvalue weighted by atomic mass is 9.97. The van der Waals surface area contributed by atoms with Crippen molar-refractivity contribution >= 4 is 24.0 Å². The van der Waals surface area contributed by atoms with Crippen LogP contribution in [-0.4, -0.2) is 23.4 Å². The molecule has 2 aromatic carbocycles. The van der Waals surface area contributed by atoms with Crippen molar-refractivity contribution in [1.82, 2.24) is 4.90 Å². The molecule has 3 rings (SSSR count). The Morgan fingerprint density at radius 1 is 1.20 bits per heavy atom. The number of hydrogen-bond donors (Lipinski definition) is 1. The molecule has 134 valence electrons. The highest BCUT2D eigenvalue weighted by molar-refractivity contribution is 5.85. The number of nitrogens with zero attached hydrogens (tertiary/aromatic N) is 1. The van der Waals surface area contributed by atoms with E-state index >= 15 is 0 Å². The number of hydrogen-bond acceptors (Lipinski definition) is 2. The summed E-state index contributed by atoms with van der Waals surface area (Å²) >= 11 is 0. The van der Waals surface area contributed by atoms with Gasteiger partial charge in [-0.3, -0.25) is 4.79 Å². The zero-order chi connectivity index (χ0) is 17.1. The van der Waals surface area contributed by atoms with E-state index in [4.69, 9.17) is 5.73 Å². The summed E-state index contributed by atoms with van der Waals surface area (Å²) in [7, 11) is 0. The van der Waals surface area contributed by atoms with Gasteiger partial charge < -0.3 is 10.6 Å². The molecule has 1 saturated heterocycles.